The zero-order valence-corrected chi connectivity index (χ0v) is 10.5. The standard InChI is InChI=1S/C14H16N2O3/c1-2-12(17)19-11-6-4-10(5-7-11)16-13(18)14(15)8-3-9-14/h2,4-7H,1,3,8-9,15H2,(H,16,18). The lowest BCUT2D eigenvalue weighted by Gasteiger charge is -2.36. The topological polar surface area (TPSA) is 81.4 Å². The molecule has 1 aliphatic rings. The van der Waals surface area contributed by atoms with Crippen LogP contribution in [-0.2, 0) is 9.59 Å². The number of hydrogen-bond donors (Lipinski definition) is 2. The maximum absolute atomic E-state index is 11.9. The van der Waals surface area contributed by atoms with Gasteiger partial charge in [-0.25, -0.2) is 4.79 Å². The number of carbonyl (C=O) groups is 2. The Morgan fingerprint density at radius 3 is 2.42 bits per heavy atom. The lowest BCUT2D eigenvalue weighted by molar-refractivity contribution is -0.129. The van der Waals surface area contributed by atoms with Crippen molar-refractivity contribution >= 4 is 17.6 Å². The molecule has 3 N–H and O–H groups in total. The van der Waals surface area contributed by atoms with Gasteiger partial charge in [-0.2, -0.15) is 0 Å². The Morgan fingerprint density at radius 2 is 1.95 bits per heavy atom. The third-order valence-corrected chi connectivity index (χ3v) is 3.20. The van der Waals surface area contributed by atoms with Crippen molar-refractivity contribution in [1.29, 1.82) is 0 Å². The summed E-state index contributed by atoms with van der Waals surface area (Å²) in [6.45, 7) is 3.31. The highest BCUT2D eigenvalue weighted by Crippen LogP contribution is 2.30. The average Bonchev–Trinajstić information content (AvgIpc) is 2.38. The van der Waals surface area contributed by atoms with Crippen molar-refractivity contribution in [3.63, 3.8) is 0 Å². The number of benzene rings is 1. The number of rotatable bonds is 4. The molecule has 0 atom stereocenters. The number of hydrogen-bond acceptors (Lipinski definition) is 4. The van der Waals surface area contributed by atoms with Gasteiger partial charge < -0.3 is 15.8 Å². The van der Waals surface area contributed by atoms with Gasteiger partial charge in [-0.3, -0.25) is 4.79 Å². The maximum atomic E-state index is 11.9. The van der Waals surface area contributed by atoms with Gasteiger partial charge in [0.1, 0.15) is 5.75 Å². The number of nitrogens with two attached hydrogens (primary N) is 1. The Bertz CT molecular complexity index is 504. The Morgan fingerprint density at radius 1 is 1.32 bits per heavy atom. The van der Waals surface area contributed by atoms with Crippen LogP contribution in [0.15, 0.2) is 36.9 Å². The van der Waals surface area contributed by atoms with Gasteiger partial charge in [0.2, 0.25) is 5.91 Å². The predicted octanol–water partition coefficient (Wildman–Crippen LogP) is 1.60. The van der Waals surface area contributed by atoms with Crippen LogP contribution >= 0.6 is 0 Å². The van der Waals surface area contributed by atoms with E-state index in [0.717, 1.165) is 12.5 Å². The average molecular weight is 260 g/mol. The van der Waals surface area contributed by atoms with E-state index >= 15 is 0 Å². The van der Waals surface area contributed by atoms with E-state index < -0.39 is 11.5 Å². The third-order valence-electron chi connectivity index (χ3n) is 3.20. The lowest BCUT2D eigenvalue weighted by Crippen LogP contribution is -2.56. The summed E-state index contributed by atoms with van der Waals surface area (Å²) >= 11 is 0. The highest BCUT2D eigenvalue weighted by molar-refractivity contribution is 5.98. The van der Waals surface area contributed by atoms with Gasteiger partial charge in [0.05, 0.1) is 5.54 Å². The van der Waals surface area contributed by atoms with E-state index in [-0.39, 0.29) is 5.91 Å². The SMILES string of the molecule is C=CC(=O)Oc1ccc(NC(=O)C2(N)CCC2)cc1. The molecule has 5 heteroatoms. The number of carbonyl (C=O) groups excluding carboxylic acids is 2. The minimum atomic E-state index is -0.728. The molecule has 1 saturated carbocycles. The van der Waals surface area contributed by atoms with Crippen molar-refractivity contribution in [2.45, 2.75) is 24.8 Å². The highest BCUT2D eigenvalue weighted by atomic mass is 16.5. The quantitative estimate of drug-likeness (QED) is 0.489. The van der Waals surface area contributed by atoms with Crippen LogP contribution in [0.25, 0.3) is 0 Å². The fourth-order valence-corrected chi connectivity index (χ4v) is 1.80. The van der Waals surface area contributed by atoms with Gasteiger partial charge in [-0.05, 0) is 43.5 Å². The van der Waals surface area contributed by atoms with Gasteiger partial charge in [-0.1, -0.05) is 6.58 Å². The van der Waals surface area contributed by atoms with E-state index in [2.05, 4.69) is 11.9 Å². The first-order chi connectivity index (χ1) is 9.03. The normalized spacial score (nSPS) is 16.1. The Labute approximate surface area is 111 Å². The van der Waals surface area contributed by atoms with Crippen molar-refractivity contribution in [1.82, 2.24) is 0 Å². The molecule has 0 unspecified atom stereocenters. The molecule has 0 spiro atoms. The smallest absolute Gasteiger partial charge is 0.335 e. The van der Waals surface area contributed by atoms with Gasteiger partial charge in [0.25, 0.3) is 0 Å². The Balaban J connectivity index is 1.97. The van der Waals surface area contributed by atoms with Gasteiger partial charge in [-0.15, -0.1) is 0 Å². The molecule has 0 radical (unpaired) electrons. The largest absolute Gasteiger partial charge is 0.423 e. The van der Waals surface area contributed by atoms with Crippen molar-refractivity contribution in [3.8, 4) is 5.75 Å². The third kappa shape index (κ3) is 3.00. The van der Waals surface area contributed by atoms with E-state index in [1.165, 1.54) is 0 Å². The minimum Gasteiger partial charge on any atom is -0.423 e. The van der Waals surface area contributed by atoms with E-state index in [4.69, 9.17) is 10.5 Å². The molecule has 0 saturated heterocycles. The molecule has 1 aromatic rings. The Hall–Kier alpha value is -2.14. The molecular formula is C14H16N2O3. The van der Waals surface area contributed by atoms with Gasteiger partial charge in [0, 0.05) is 11.8 Å². The monoisotopic (exact) mass is 260 g/mol. The number of esters is 1. The van der Waals surface area contributed by atoms with E-state index in [0.29, 0.717) is 24.3 Å². The lowest BCUT2D eigenvalue weighted by atomic mass is 9.77. The van der Waals surface area contributed by atoms with Crippen LogP contribution in [0, 0.1) is 0 Å². The first-order valence-electron chi connectivity index (χ1n) is 6.08. The molecule has 0 aromatic heterocycles. The summed E-state index contributed by atoms with van der Waals surface area (Å²) in [5.41, 5.74) is 5.81. The molecule has 0 heterocycles. The minimum absolute atomic E-state index is 0.172. The van der Waals surface area contributed by atoms with Crippen LogP contribution in [-0.4, -0.2) is 17.4 Å². The van der Waals surface area contributed by atoms with Crippen LogP contribution < -0.4 is 15.8 Å². The molecule has 100 valence electrons. The molecule has 0 bridgehead atoms. The second-order valence-corrected chi connectivity index (χ2v) is 4.61. The highest BCUT2D eigenvalue weighted by Gasteiger charge is 2.40. The van der Waals surface area contributed by atoms with Crippen LogP contribution in [0.4, 0.5) is 5.69 Å². The fraction of sp³-hybridized carbons (Fsp3) is 0.286. The van der Waals surface area contributed by atoms with Crippen molar-refractivity contribution < 1.29 is 14.3 Å². The number of nitrogens with one attached hydrogen (secondary N) is 1. The molecule has 19 heavy (non-hydrogen) atoms. The zero-order valence-electron chi connectivity index (χ0n) is 10.5. The second-order valence-electron chi connectivity index (χ2n) is 4.61. The van der Waals surface area contributed by atoms with E-state index in [1.807, 2.05) is 0 Å². The Kier molecular flexibility index (Phi) is 3.66. The van der Waals surface area contributed by atoms with E-state index in [1.54, 1.807) is 24.3 Å². The molecule has 0 aliphatic heterocycles. The predicted molar refractivity (Wildman–Crippen MR) is 71.7 cm³/mol. The van der Waals surface area contributed by atoms with Crippen LogP contribution in [0.5, 0.6) is 5.75 Å². The summed E-state index contributed by atoms with van der Waals surface area (Å²) in [6, 6.07) is 6.51. The van der Waals surface area contributed by atoms with Crippen LogP contribution in [0.2, 0.25) is 0 Å². The second kappa shape index (κ2) is 5.24. The number of ether oxygens (including phenoxy) is 1. The summed E-state index contributed by atoms with van der Waals surface area (Å²) < 4.78 is 4.93. The molecular weight excluding hydrogens is 244 g/mol. The molecule has 1 fully saturated rings. The van der Waals surface area contributed by atoms with Crippen molar-refractivity contribution in [3.05, 3.63) is 36.9 Å². The van der Waals surface area contributed by atoms with Crippen molar-refractivity contribution in [2.75, 3.05) is 5.32 Å². The summed E-state index contributed by atoms with van der Waals surface area (Å²) in [5.74, 6) is -0.296. The maximum Gasteiger partial charge on any atom is 0.335 e. The molecule has 5 nitrogen and oxygen atoms in total. The summed E-state index contributed by atoms with van der Waals surface area (Å²) in [4.78, 5) is 22.9. The first-order valence-corrected chi connectivity index (χ1v) is 6.08. The molecule has 1 aliphatic carbocycles. The molecule has 1 aromatic carbocycles. The molecule has 1 amide bonds. The first kappa shape index (κ1) is 13.3. The fourth-order valence-electron chi connectivity index (χ4n) is 1.80. The summed E-state index contributed by atoms with van der Waals surface area (Å²) in [6.07, 6.45) is 3.51. The van der Waals surface area contributed by atoms with Crippen LogP contribution in [0.1, 0.15) is 19.3 Å². The van der Waals surface area contributed by atoms with E-state index in [9.17, 15) is 9.59 Å². The van der Waals surface area contributed by atoms with Crippen LogP contribution in [0.3, 0.4) is 0 Å². The zero-order chi connectivity index (χ0) is 13.9. The number of amides is 1. The summed E-state index contributed by atoms with van der Waals surface area (Å²) in [7, 11) is 0. The molecule has 2 rings (SSSR count). The number of anilines is 1. The van der Waals surface area contributed by atoms with Gasteiger partial charge >= 0.3 is 5.97 Å². The van der Waals surface area contributed by atoms with Gasteiger partial charge in [0.15, 0.2) is 0 Å². The van der Waals surface area contributed by atoms with Crippen molar-refractivity contribution in [2.24, 2.45) is 5.73 Å². The summed E-state index contributed by atoms with van der Waals surface area (Å²) in [5, 5.41) is 2.75.